The number of ketones is 1. The molecule has 0 N–H and O–H groups in total. The zero-order valence-corrected chi connectivity index (χ0v) is 11.5. The Balaban J connectivity index is 1.92. The van der Waals surface area contributed by atoms with Crippen molar-refractivity contribution in [2.45, 2.75) is 33.1 Å². The van der Waals surface area contributed by atoms with Crippen LogP contribution in [0.4, 0.5) is 0 Å². The van der Waals surface area contributed by atoms with E-state index in [2.05, 4.69) is 11.8 Å². The number of piperidine rings is 1. The Kier molecular flexibility index (Phi) is 4.54. The lowest BCUT2D eigenvalue weighted by Gasteiger charge is -2.31. The minimum atomic E-state index is 0.256. The van der Waals surface area contributed by atoms with Crippen LogP contribution < -0.4 is 0 Å². The van der Waals surface area contributed by atoms with Crippen molar-refractivity contribution in [1.82, 2.24) is 4.90 Å². The first-order valence-corrected chi connectivity index (χ1v) is 7.01. The molecule has 0 spiro atoms. The highest BCUT2D eigenvalue weighted by atomic mass is 16.1. The number of likely N-dealkylation sites (tertiary alicyclic amines) is 1. The van der Waals surface area contributed by atoms with Gasteiger partial charge in [-0.15, -0.1) is 0 Å². The normalized spacial score (nSPS) is 20.9. The highest BCUT2D eigenvalue weighted by molar-refractivity contribution is 5.97. The number of carbonyl (C=O) groups excluding carboxylic acids is 1. The quantitative estimate of drug-likeness (QED) is 0.759. The van der Waals surface area contributed by atoms with Crippen LogP contribution in [0.3, 0.4) is 0 Å². The van der Waals surface area contributed by atoms with Crippen LogP contribution in [-0.4, -0.2) is 30.3 Å². The summed E-state index contributed by atoms with van der Waals surface area (Å²) < 4.78 is 0. The van der Waals surface area contributed by atoms with E-state index in [-0.39, 0.29) is 5.78 Å². The Morgan fingerprint density at radius 1 is 1.33 bits per heavy atom. The number of aryl methyl sites for hydroxylation is 1. The lowest BCUT2D eigenvalue weighted by Crippen LogP contribution is -2.38. The van der Waals surface area contributed by atoms with E-state index in [1.165, 1.54) is 24.8 Å². The molecule has 1 fully saturated rings. The predicted octanol–water partition coefficient (Wildman–Crippen LogP) is 3.30. The lowest BCUT2D eigenvalue weighted by molar-refractivity contribution is 0.0884. The first-order chi connectivity index (χ1) is 8.69. The smallest absolute Gasteiger partial charge is 0.176 e. The molecule has 2 rings (SSSR count). The fourth-order valence-electron chi connectivity index (χ4n) is 2.66. The SMILES string of the molecule is CCC1CCCN(CC(=O)c2ccc(C)cc2)C1. The van der Waals surface area contributed by atoms with Gasteiger partial charge in [0.1, 0.15) is 0 Å². The molecule has 0 bridgehead atoms. The van der Waals surface area contributed by atoms with Gasteiger partial charge in [0.2, 0.25) is 0 Å². The predicted molar refractivity (Wildman–Crippen MR) is 75.0 cm³/mol. The van der Waals surface area contributed by atoms with E-state index < -0.39 is 0 Å². The summed E-state index contributed by atoms with van der Waals surface area (Å²) in [6, 6.07) is 7.91. The van der Waals surface area contributed by atoms with Crippen LogP contribution in [0.2, 0.25) is 0 Å². The summed E-state index contributed by atoms with van der Waals surface area (Å²) in [4.78, 5) is 14.5. The molecule has 1 aliphatic heterocycles. The lowest BCUT2D eigenvalue weighted by atomic mass is 9.95. The van der Waals surface area contributed by atoms with Gasteiger partial charge >= 0.3 is 0 Å². The molecule has 1 saturated heterocycles. The summed E-state index contributed by atoms with van der Waals surface area (Å²) in [6.07, 6.45) is 3.79. The molecule has 0 aliphatic carbocycles. The van der Waals surface area contributed by atoms with Gasteiger partial charge in [-0.1, -0.05) is 43.2 Å². The van der Waals surface area contributed by atoms with Crippen molar-refractivity contribution in [1.29, 1.82) is 0 Å². The minimum absolute atomic E-state index is 0.256. The first kappa shape index (κ1) is 13.3. The molecular weight excluding hydrogens is 222 g/mol. The first-order valence-electron chi connectivity index (χ1n) is 7.01. The number of Topliss-reactive ketones (excluding diaryl/α,β-unsaturated/α-hetero) is 1. The Morgan fingerprint density at radius 3 is 2.72 bits per heavy atom. The monoisotopic (exact) mass is 245 g/mol. The van der Waals surface area contributed by atoms with Crippen molar-refractivity contribution in [2.24, 2.45) is 5.92 Å². The van der Waals surface area contributed by atoms with Gasteiger partial charge in [-0.05, 0) is 32.2 Å². The Hall–Kier alpha value is -1.15. The molecule has 0 saturated carbocycles. The molecule has 0 radical (unpaired) electrons. The summed E-state index contributed by atoms with van der Waals surface area (Å²) in [6.45, 7) is 7.04. The van der Waals surface area contributed by atoms with Gasteiger partial charge < -0.3 is 0 Å². The Morgan fingerprint density at radius 2 is 2.06 bits per heavy atom. The average Bonchev–Trinajstić information content (AvgIpc) is 2.39. The van der Waals surface area contributed by atoms with E-state index in [9.17, 15) is 4.79 Å². The molecule has 2 nitrogen and oxygen atoms in total. The number of hydrogen-bond acceptors (Lipinski definition) is 2. The Labute approximate surface area is 110 Å². The second-order valence-corrected chi connectivity index (χ2v) is 5.44. The summed E-state index contributed by atoms with van der Waals surface area (Å²) in [5.74, 6) is 1.04. The van der Waals surface area contributed by atoms with E-state index in [4.69, 9.17) is 0 Å². The topological polar surface area (TPSA) is 20.3 Å². The molecule has 1 aromatic carbocycles. The van der Waals surface area contributed by atoms with Crippen molar-refractivity contribution >= 4 is 5.78 Å². The van der Waals surface area contributed by atoms with Gasteiger partial charge in [0.05, 0.1) is 6.54 Å². The molecular formula is C16H23NO. The van der Waals surface area contributed by atoms with E-state index >= 15 is 0 Å². The van der Waals surface area contributed by atoms with Crippen LogP contribution >= 0.6 is 0 Å². The standard InChI is InChI=1S/C16H23NO/c1-3-14-5-4-10-17(11-14)12-16(18)15-8-6-13(2)7-9-15/h6-9,14H,3-5,10-12H2,1-2H3. The molecule has 0 amide bonds. The fraction of sp³-hybridized carbons (Fsp3) is 0.562. The number of hydrogen-bond donors (Lipinski definition) is 0. The van der Waals surface area contributed by atoms with E-state index in [0.29, 0.717) is 6.54 Å². The number of carbonyl (C=O) groups is 1. The zero-order chi connectivity index (χ0) is 13.0. The third-order valence-electron chi connectivity index (χ3n) is 3.92. The summed E-state index contributed by atoms with van der Waals surface area (Å²) in [5, 5.41) is 0. The van der Waals surface area contributed by atoms with Crippen molar-refractivity contribution in [2.75, 3.05) is 19.6 Å². The van der Waals surface area contributed by atoms with Crippen LogP contribution in [0.25, 0.3) is 0 Å². The molecule has 2 heteroatoms. The van der Waals surface area contributed by atoms with Crippen molar-refractivity contribution in [3.63, 3.8) is 0 Å². The van der Waals surface area contributed by atoms with Crippen molar-refractivity contribution in [3.8, 4) is 0 Å². The highest BCUT2D eigenvalue weighted by Crippen LogP contribution is 2.19. The van der Waals surface area contributed by atoms with E-state index in [0.717, 1.165) is 24.6 Å². The maximum absolute atomic E-state index is 12.2. The van der Waals surface area contributed by atoms with Gasteiger partial charge in [-0.25, -0.2) is 0 Å². The second kappa shape index (κ2) is 6.14. The van der Waals surface area contributed by atoms with E-state index in [1.807, 2.05) is 31.2 Å². The summed E-state index contributed by atoms with van der Waals surface area (Å²) in [7, 11) is 0. The molecule has 0 aromatic heterocycles. The molecule has 1 atom stereocenters. The molecule has 98 valence electrons. The van der Waals surface area contributed by atoms with Gasteiger partial charge in [-0.3, -0.25) is 9.69 Å². The molecule has 1 heterocycles. The molecule has 1 aliphatic rings. The Bertz CT molecular complexity index is 396. The maximum atomic E-state index is 12.2. The summed E-state index contributed by atoms with van der Waals surface area (Å²) >= 11 is 0. The van der Waals surface area contributed by atoms with Crippen LogP contribution in [0, 0.1) is 12.8 Å². The molecule has 1 aromatic rings. The number of benzene rings is 1. The largest absolute Gasteiger partial charge is 0.296 e. The van der Waals surface area contributed by atoms with Gasteiger partial charge in [0, 0.05) is 12.1 Å². The third-order valence-corrected chi connectivity index (χ3v) is 3.92. The molecule has 18 heavy (non-hydrogen) atoms. The van der Waals surface area contributed by atoms with Crippen molar-refractivity contribution in [3.05, 3.63) is 35.4 Å². The fourth-order valence-corrected chi connectivity index (χ4v) is 2.66. The second-order valence-electron chi connectivity index (χ2n) is 5.44. The highest BCUT2D eigenvalue weighted by Gasteiger charge is 2.20. The van der Waals surface area contributed by atoms with Gasteiger partial charge in [0.15, 0.2) is 5.78 Å². The molecule has 1 unspecified atom stereocenters. The van der Waals surface area contributed by atoms with E-state index in [1.54, 1.807) is 0 Å². The van der Waals surface area contributed by atoms with Gasteiger partial charge in [-0.2, -0.15) is 0 Å². The van der Waals surface area contributed by atoms with Crippen LogP contribution in [0.15, 0.2) is 24.3 Å². The van der Waals surface area contributed by atoms with Crippen LogP contribution in [-0.2, 0) is 0 Å². The van der Waals surface area contributed by atoms with Gasteiger partial charge in [0.25, 0.3) is 0 Å². The third kappa shape index (κ3) is 3.42. The van der Waals surface area contributed by atoms with Crippen LogP contribution in [0.5, 0.6) is 0 Å². The van der Waals surface area contributed by atoms with Crippen LogP contribution in [0.1, 0.15) is 42.1 Å². The average molecular weight is 245 g/mol. The zero-order valence-electron chi connectivity index (χ0n) is 11.5. The minimum Gasteiger partial charge on any atom is -0.296 e. The number of nitrogens with zero attached hydrogens (tertiary/aromatic N) is 1. The number of rotatable bonds is 4. The summed E-state index contributed by atoms with van der Waals surface area (Å²) in [5.41, 5.74) is 2.05. The van der Waals surface area contributed by atoms with Crippen molar-refractivity contribution < 1.29 is 4.79 Å². The maximum Gasteiger partial charge on any atom is 0.176 e.